The SMILES string of the molecule is Nc1nc(O)c2c(n1)NC[C]C2. The molecule has 62 valence electrons. The summed E-state index contributed by atoms with van der Waals surface area (Å²) in [7, 11) is 0. The lowest BCUT2D eigenvalue weighted by molar-refractivity contribution is 0.446. The molecule has 0 amide bonds. The summed E-state index contributed by atoms with van der Waals surface area (Å²) < 4.78 is 0. The van der Waals surface area contributed by atoms with E-state index in [0.717, 1.165) is 0 Å². The molecule has 0 unspecified atom stereocenters. The second-order valence-corrected chi connectivity index (χ2v) is 2.51. The van der Waals surface area contributed by atoms with E-state index < -0.39 is 0 Å². The number of aromatic hydroxyl groups is 1. The Labute approximate surface area is 69.6 Å². The molecule has 0 fully saturated rings. The van der Waals surface area contributed by atoms with Gasteiger partial charge in [0.2, 0.25) is 11.8 Å². The molecule has 0 saturated heterocycles. The monoisotopic (exact) mass is 164 g/mol. The van der Waals surface area contributed by atoms with Gasteiger partial charge in [0.15, 0.2) is 0 Å². The van der Waals surface area contributed by atoms with Crippen molar-refractivity contribution in [1.29, 1.82) is 0 Å². The average Bonchev–Trinajstić information content (AvgIpc) is 2.04. The van der Waals surface area contributed by atoms with Gasteiger partial charge in [-0.1, -0.05) is 0 Å². The van der Waals surface area contributed by atoms with Gasteiger partial charge in [-0.25, -0.2) is 0 Å². The molecule has 1 aromatic rings. The predicted molar refractivity (Wildman–Crippen MR) is 43.5 cm³/mol. The zero-order valence-electron chi connectivity index (χ0n) is 6.33. The molecule has 12 heavy (non-hydrogen) atoms. The average molecular weight is 164 g/mol. The van der Waals surface area contributed by atoms with Gasteiger partial charge in [-0.2, -0.15) is 9.97 Å². The van der Waals surface area contributed by atoms with Crippen molar-refractivity contribution in [3.8, 4) is 5.88 Å². The third-order valence-corrected chi connectivity index (χ3v) is 1.69. The lowest BCUT2D eigenvalue weighted by Crippen LogP contribution is -2.15. The number of fused-ring (bicyclic) bond motifs is 1. The van der Waals surface area contributed by atoms with E-state index in [-0.39, 0.29) is 11.8 Å². The first-order valence-electron chi connectivity index (χ1n) is 3.57. The molecular weight excluding hydrogens is 156 g/mol. The molecule has 0 aromatic carbocycles. The third-order valence-electron chi connectivity index (χ3n) is 1.69. The van der Waals surface area contributed by atoms with E-state index in [4.69, 9.17) is 5.73 Å². The summed E-state index contributed by atoms with van der Waals surface area (Å²) in [5, 5.41) is 12.3. The fourth-order valence-electron chi connectivity index (χ4n) is 1.13. The van der Waals surface area contributed by atoms with E-state index in [2.05, 4.69) is 21.7 Å². The summed E-state index contributed by atoms with van der Waals surface area (Å²) in [5.74, 6) is 0.636. The highest BCUT2D eigenvalue weighted by Gasteiger charge is 2.15. The molecule has 2 rings (SSSR count). The van der Waals surface area contributed by atoms with Gasteiger partial charge in [0.1, 0.15) is 5.82 Å². The minimum Gasteiger partial charge on any atom is -0.493 e. The Hall–Kier alpha value is -1.52. The highest BCUT2D eigenvalue weighted by molar-refractivity contribution is 5.54. The molecule has 5 heteroatoms. The van der Waals surface area contributed by atoms with Gasteiger partial charge >= 0.3 is 0 Å². The number of hydrogen-bond donors (Lipinski definition) is 3. The number of nitrogen functional groups attached to an aromatic ring is 1. The van der Waals surface area contributed by atoms with Crippen molar-refractivity contribution in [2.45, 2.75) is 6.42 Å². The van der Waals surface area contributed by atoms with Crippen LogP contribution in [0.25, 0.3) is 0 Å². The van der Waals surface area contributed by atoms with E-state index >= 15 is 0 Å². The lowest BCUT2D eigenvalue weighted by Gasteiger charge is -2.16. The van der Waals surface area contributed by atoms with Crippen molar-refractivity contribution >= 4 is 11.8 Å². The molecule has 1 aliphatic rings. The van der Waals surface area contributed by atoms with Crippen LogP contribution in [0.1, 0.15) is 5.56 Å². The first-order chi connectivity index (χ1) is 5.77. The molecule has 0 aliphatic carbocycles. The molecule has 1 aromatic heterocycles. The molecule has 0 atom stereocenters. The Bertz CT molecular complexity index is 313. The summed E-state index contributed by atoms with van der Waals surface area (Å²) in [6, 6.07) is 0. The van der Waals surface area contributed by atoms with E-state index in [0.29, 0.717) is 24.3 Å². The molecule has 1 aliphatic heterocycles. The lowest BCUT2D eigenvalue weighted by atomic mass is 10.1. The smallest absolute Gasteiger partial charge is 0.225 e. The Balaban J connectivity index is 2.53. The van der Waals surface area contributed by atoms with Crippen molar-refractivity contribution in [3.63, 3.8) is 0 Å². The van der Waals surface area contributed by atoms with Gasteiger partial charge in [-0.3, -0.25) is 0 Å². The number of anilines is 2. The maximum absolute atomic E-state index is 9.33. The number of aromatic nitrogens is 2. The maximum atomic E-state index is 9.33. The largest absolute Gasteiger partial charge is 0.493 e. The Morgan fingerprint density at radius 1 is 1.50 bits per heavy atom. The second-order valence-electron chi connectivity index (χ2n) is 2.51. The highest BCUT2D eigenvalue weighted by Crippen LogP contribution is 2.26. The van der Waals surface area contributed by atoms with Crippen molar-refractivity contribution in [2.75, 3.05) is 17.6 Å². The predicted octanol–water partition coefficient (Wildman–Crippen LogP) is -0.186. The minimum atomic E-state index is -0.0581. The molecule has 0 saturated carbocycles. The molecule has 4 N–H and O–H groups in total. The van der Waals surface area contributed by atoms with Crippen molar-refractivity contribution in [3.05, 3.63) is 12.0 Å². The van der Waals surface area contributed by atoms with Crippen molar-refractivity contribution in [2.24, 2.45) is 0 Å². The summed E-state index contributed by atoms with van der Waals surface area (Å²) >= 11 is 0. The number of nitrogens with one attached hydrogen (secondary N) is 1. The van der Waals surface area contributed by atoms with Crippen LogP contribution in [-0.4, -0.2) is 21.6 Å². The van der Waals surface area contributed by atoms with Crippen LogP contribution in [0.2, 0.25) is 0 Å². The van der Waals surface area contributed by atoms with E-state index in [1.807, 2.05) is 0 Å². The van der Waals surface area contributed by atoms with Gasteiger partial charge < -0.3 is 16.2 Å². The molecule has 2 radical (unpaired) electrons. The van der Waals surface area contributed by atoms with Crippen LogP contribution in [0.3, 0.4) is 0 Å². The Morgan fingerprint density at radius 2 is 2.33 bits per heavy atom. The van der Waals surface area contributed by atoms with E-state index in [1.165, 1.54) is 0 Å². The Kier molecular flexibility index (Phi) is 1.49. The zero-order chi connectivity index (χ0) is 8.55. The molecular formula is C7H8N4O. The van der Waals surface area contributed by atoms with E-state index in [1.54, 1.807) is 0 Å². The summed E-state index contributed by atoms with van der Waals surface area (Å²) in [6.07, 6.45) is 3.57. The number of nitrogens with two attached hydrogens (primary N) is 1. The van der Waals surface area contributed by atoms with E-state index in [9.17, 15) is 5.11 Å². The van der Waals surface area contributed by atoms with Gasteiger partial charge in [0.05, 0.1) is 5.56 Å². The normalized spacial score (nSPS) is 15.0. The van der Waals surface area contributed by atoms with Crippen molar-refractivity contribution < 1.29 is 5.11 Å². The van der Waals surface area contributed by atoms with Crippen LogP contribution in [0, 0.1) is 6.42 Å². The number of hydrogen-bond acceptors (Lipinski definition) is 5. The number of rotatable bonds is 0. The van der Waals surface area contributed by atoms with Gasteiger partial charge in [0.25, 0.3) is 0 Å². The summed E-state index contributed by atoms with van der Waals surface area (Å²) in [6.45, 7) is 0.628. The summed E-state index contributed by atoms with van der Waals surface area (Å²) in [4.78, 5) is 7.56. The van der Waals surface area contributed by atoms with Crippen LogP contribution in [0.4, 0.5) is 11.8 Å². The first kappa shape index (κ1) is 7.15. The standard InChI is InChI=1S/C7H8N4O/c8-7-10-5-4(6(12)11-7)2-1-3-9-5/h2-3H2,(H4,8,9,10,11,12). The molecule has 0 spiro atoms. The highest BCUT2D eigenvalue weighted by atomic mass is 16.3. The maximum Gasteiger partial charge on any atom is 0.225 e. The van der Waals surface area contributed by atoms with Gasteiger partial charge in [-0.05, 0) is 6.42 Å². The fraction of sp³-hybridized carbons (Fsp3) is 0.286. The quantitative estimate of drug-likeness (QED) is 0.495. The van der Waals surface area contributed by atoms with Crippen LogP contribution in [0.15, 0.2) is 0 Å². The van der Waals surface area contributed by atoms with Gasteiger partial charge in [-0.15, -0.1) is 0 Å². The molecule has 5 nitrogen and oxygen atoms in total. The van der Waals surface area contributed by atoms with Gasteiger partial charge in [0, 0.05) is 13.0 Å². The van der Waals surface area contributed by atoms with Crippen LogP contribution in [0.5, 0.6) is 5.88 Å². The summed E-state index contributed by atoms with van der Waals surface area (Å²) in [5.41, 5.74) is 6.00. The van der Waals surface area contributed by atoms with Crippen LogP contribution in [-0.2, 0) is 6.42 Å². The van der Waals surface area contributed by atoms with Crippen LogP contribution >= 0.6 is 0 Å². The first-order valence-corrected chi connectivity index (χ1v) is 3.57. The minimum absolute atomic E-state index is 0.0581. The topological polar surface area (TPSA) is 84.1 Å². The molecule has 2 heterocycles. The Morgan fingerprint density at radius 3 is 3.17 bits per heavy atom. The van der Waals surface area contributed by atoms with Crippen LogP contribution < -0.4 is 11.1 Å². The van der Waals surface area contributed by atoms with Crippen molar-refractivity contribution in [1.82, 2.24) is 9.97 Å². The second kappa shape index (κ2) is 2.51. The third kappa shape index (κ3) is 1.03. The zero-order valence-corrected chi connectivity index (χ0v) is 6.33. The molecule has 0 bridgehead atoms. The number of nitrogens with zero attached hydrogens (tertiary/aromatic N) is 2. The fourth-order valence-corrected chi connectivity index (χ4v) is 1.13.